The smallest absolute Gasteiger partial charge is 0.148 e. The van der Waals surface area contributed by atoms with Crippen molar-refractivity contribution in [2.75, 3.05) is 30.5 Å². The molecule has 2 rings (SSSR count). The maximum Gasteiger partial charge on any atom is 0.148 e. The topological polar surface area (TPSA) is 24.5 Å². The van der Waals surface area contributed by atoms with Crippen molar-refractivity contribution in [1.82, 2.24) is 0 Å². The second kappa shape index (κ2) is 6.24. The molecule has 4 heteroatoms. The van der Waals surface area contributed by atoms with Gasteiger partial charge in [0, 0.05) is 38.0 Å². The van der Waals surface area contributed by atoms with E-state index in [9.17, 15) is 4.39 Å². The molecule has 1 aromatic rings. The Balaban J connectivity index is 2.05. The van der Waals surface area contributed by atoms with Gasteiger partial charge in [-0.2, -0.15) is 0 Å². The lowest BCUT2D eigenvalue weighted by Crippen LogP contribution is -2.28. The Bertz CT molecular complexity index is 417. The zero-order valence-corrected chi connectivity index (χ0v) is 11.9. The highest BCUT2D eigenvalue weighted by Gasteiger charge is 2.15. The van der Waals surface area contributed by atoms with Crippen LogP contribution in [-0.4, -0.2) is 32.3 Å². The third-order valence-electron chi connectivity index (χ3n) is 3.69. The van der Waals surface area contributed by atoms with Gasteiger partial charge in [0.1, 0.15) is 5.82 Å². The highest BCUT2D eigenvalue weighted by atomic mass is 19.1. The Morgan fingerprint density at radius 1 is 1.32 bits per heavy atom. The van der Waals surface area contributed by atoms with Crippen LogP contribution in [0, 0.1) is 5.82 Å². The summed E-state index contributed by atoms with van der Waals surface area (Å²) in [6.45, 7) is 5.67. The average Bonchev–Trinajstić information content (AvgIpc) is 2.39. The van der Waals surface area contributed by atoms with Gasteiger partial charge in [-0.3, -0.25) is 0 Å². The lowest BCUT2D eigenvalue weighted by atomic mass is 10.1. The fourth-order valence-corrected chi connectivity index (χ4v) is 2.24. The molecule has 0 atom stereocenters. The summed E-state index contributed by atoms with van der Waals surface area (Å²) in [5, 5.41) is 3.38. The number of ether oxygens (including phenoxy) is 1. The number of nitrogens with zero attached hydrogens (tertiary/aromatic N) is 1. The largest absolute Gasteiger partial charge is 0.382 e. The first-order valence-corrected chi connectivity index (χ1v) is 6.94. The molecule has 3 nitrogen and oxygen atoms in total. The zero-order valence-electron chi connectivity index (χ0n) is 11.9. The van der Waals surface area contributed by atoms with Crippen LogP contribution in [0.3, 0.4) is 0 Å². The number of halogens is 1. The Labute approximate surface area is 114 Å². The normalized spacial score (nSPS) is 16.7. The summed E-state index contributed by atoms with van der Waals surface area (Å²) in [5.74, 6) is -0.173. The number of hydrogen-bond donors (Lipinski definition) is 1. The third-order valence-corrected chi connectivity index (χ3v) is 3.69. The SMILES string of the molecule is CC(C)N(C)c1ccc(NC2CCOCC2)cc1F. The van der Waals surface area contributed by atoms with Crippen molar-refractivity contribution in [3.8, 4) is 0 Å². The summed E-state index contributed by atoms with van der Waals surface area (Å²) in [4.78, 5) is 1.94. The number of hydrogen-bond acceptors (Lipinski definition) is 3. The molecule has 1 heterocycles. The molecule has 0 unspecified atom stereocenters. The quantitative estimate of drug-likeness (QED) is 0.905. The number of benzene rings is 1. The monoisotopic (exact) mass is 266 g/mol. The van der Waals surface area contributed by atoms with Gasteiger partial charge in [0.25, 0.3) is 0 Å². The molecular weight excluding hydrogens is 243 g/mol. The summed E-state index contributed by atoms with van der Waals surface area (Å²) < 4.78 is 19.4. The van der Waals surface area contributed by atoms with Gasteiger partial charge in [0.05, 0.1) is 5.69 Å². The molecule has 1 saturated heterocycles. The van der Waals surface area contributed by atoms with Crippen LogP contribution in [-0.2, 0) is 4.74 Å². The fourth-order valence-electron chi connectivity index (χ4n) is 2.24. The molecule has 1 aliphatic rings. The van der Waals surface area contributed by atoms with Gasteiger partial charge in [-0.15, -0.1) is 0 Å². The molecule has 0 spiro atoms. The molecule has 106 valence electrons. The van der Waals surface area contributed by atoms with E-state index in [-0.39, 0.29) is 11.9 Å². The van der Waals surface area contributed by atoms with Crippen LogP contribution in [0.25, 0.3) is 0 Å². The van der Waals surface area contributed by atoms with E-state index in [1.165, 1.54) is 0 Å². The minimum absolute atomic E-state index is 0.173. The Morgan fingerprint density at radius 2 is 2.00 bits per heavy atom. The van der Waals surface area contributed by atoms with Gasteiger partial charge in [0.15, 0.2) is 0 Å². The molecular formula is C15H23FN2O. The van der Waals surface area contributed by atoms with Crippen molar-refractivity contribution in [2.24, 2.45) is 0 Å². The highest BCUT2D eigenvalue weighted by Crippen LogP contribution is 2.24. The van der Waals surface area contributed by atoms with Crippen molar-refractivity contribution >= 4 is 11.4 Å². The molecule has 0 aliphatic carbocycles. The van der Waals surface area contributed by atoms with E-state index in [0.29, 0.717) is 11.7 Å². The van der Waals surface area contributed by atoms with Crippen molar-refractivity contribution < 1.29 is 9.13 Å². The van der Waals surface area contributed by atoms with Crippen molar-refractivity contribution in [2.45, 2.75) is 38.8 Å². The molecule has 1 aromatic carbocycles. The molecule has 19 heavy (non-hydrogen) atoms. The molecule has 1 fully saturated rings. The zero-order chi connectivity index (χ0) is 13.8. The van der Waals surface area contributed by atoms with Crippen LogP contribution in [0.1, 0.15) is 26.7 Å². The van der Waals surface area contributed by atoms with Gasteiger partial charge in [0.2, 0.25) is 0 Å². The van der Waals surface area contributed by atoms with Gasteiger partial charge >= 0.3 is 0 Å². The van der Waals surface area contributed by atoms with E-state index < -0.39 is 0 Å². The second-order valence-electron chi connectivity index (χ2n) is 5.40. The molecule has 0 radical (unpaired) electrons. The van der Waals surface area contributed by atoms with Gasteiger partial charge in [-0.25, -0.2) is 4.39 Å². The van der Waals surface area contributed by atoms with Crippen LogP contribution in [0.15, 0.2) is 18.2 Å². The first kappa shape index (κ1) is 14.1. The van der Waals surface area contributed by atoms with E-state index >= 15 is 0 Å². The maximum atomic E-state index is 14.1. The van der Waals surface area contributed by atoms with Crippen molar-refractivity contribution in [3.63, 3.8) is 0 Å². The summed E-state index contributed by atoms with van der Waals surface area (Å²) in [7, 11) is 1.91. The summed E-state index contributed by atoms with van der Waals surface area (Å²) in [5.41, 5.74) is 1.50. The van der Waals surface area contributed by atoms with Crippen LogP contribution < -0.4 is 10.2 Å². The van der Waals surface area contributed by atoms with Gasteiger partial charge in [-0.05, 0) is 44.9 Å². The second-order valence-corrected chi connectivity index (χ2v) is 5.40. The predicted octanol–water partition coefficient (Wildman–Crippen LogP) is 3.26. The lowest BCUT2D eigenvalue weighted by Gasteiger charge is -2.26. The minimum atomic E-state index is -0.173. The molecule has 1 N–H and O–H groups in total. The molecule has 0 amide bonds. The van der Waals surface area contributed by atoms with E-state index in [1.807, 2.05) is 37.9 Å². The Morgan fingerprint density at radius 3 is 2.58 bits per heavy atom. The van der Waals surface area contributed by atoms with Crippen LogP contribution in [0.5, 0.6) is 0 Å². The number of rotatable bonds is 4. The summed E-state index contributed by atoms with van der Waals surface area (Å²) in [6.07, 6.45) is 1.96. The molecule has 0 bridgehead atoms. The van der Waals surface area contributed by atoms with Gasteiger partial charge < -0.3 is 15.0 Å². The van der Waals surface area contributed by atoms with Crippen LogP contribution >= 0.6 is 0 Å². The van der Waals surface area contributed by atoms with E-state index in [1.54, 1.807) is 6.07 Å². The summed E-state index contributed by atoms with van der Waals surface area (Å²) >= 11 is 0. The summed E-state index contributed by atoms with van der Waals surface area (Å²) in [6, 6.07) is 6.05. The Kier molecular flexibility index (Phi) is 4.64. The maximum absolute atomic E-state index is 14.1. The van der Waals surface area contributed by atoms with Gasteiger partial charge in [-0.1, -0.05) is 0 Å². The highest BCUT2D eigenvalue weighted by molar-refractivity contribution is 5.56. The standard InChI is InChI=1S/C15H23FN2O/c1-11(2)18(3)15-5-4-13(10-14(15)16)17-12-6-8-19-9-7-12/h4-5,10-12,17H,6-9H2,1-3H3. The molecule has 0 saturated carbocycles. The van der Waals surface area contributed by atoms with Crippen molar-refractivity contribution in [1.29, 1.82) is 0 Å². The Hall–Kier alpha value is -1.29. The average molecular weight is 266 g/mol. The van der Waals surface area contributed by atoms with E-state index in [0.717, 1.165) is 31.7 Å². The lowest BCUT2D eigenvalue weighted by molar-refractivity contribution is 0.0904. The fraction of sp³-hybridized carbons (Fsp3) is 0.600. The van der Waals surface area contributed by atoms with Crippen molar-refractivity contribution in [3.05, 3.63) is 24.0 Å². The van der Waals surface area contributed by atoms with Crippen LogP contribution in [0.2, 0.25) is 0 Å². The van der Waals surface area contributed by atoms with E-state index in [2.05, 4.69) is 5.32 Å². The predicted molar refractivity (Wildman–Crippen MR) is 77.4 cm³/mol. The minimum Gasteiger partial charge on any atom is -0.382 e. The molecule has 1 aliphatic heterocycles. The third kappa shape index (κ3) is 3.60. The van der Waals surface area contributed by atoms with Crippen LogP contribution in [0.4, 0.5) is 15.8 Å². The van der Waals surface area contributed by atoms with E-state index in [4.69, 9.17) is 4.74 Å². The number of nitrogens with one attached hydrogen (secondary N) is 1. The number of anilines is 2. The molecule has 0 aromatic heterocycles. The first-order chi connectivity index (χ1) is 9.08. The first-order valence-electron chi connectivity index (χ1n) is 6.94.